The Kier molecular flexibility index (Phi) is 4.88. The van der Waals surface area contributed by atoms with E-state index in [9.17, 15) is 0 Å². The van der Waals surface area contributed by atoms with Crippen LogP contribution in [-0.2, 0) is 5.41 Å². The van der Waals surface area contributed by atoms with Crippen LogP contribution < -0.4 is 9.30 Å². The average Bonchev–Trinajstić information content (AvgIpc) is 3.50. The number of nitrogens with zero attached hydrogens (tertiary/aromatic N) is 4. The molecule has 0 saturated heterocycles. The van der Waals surface area contributed by atoms with Crippen LogP contribution in [0.15, 0.2) is 91.5 Å². The molecule has 2 aromatic carbocycles. The number of fused-ring (bicyclic) bond motifs is 3. The van der Waals surface area contributed by atoms with E-state index >= 15 is 0 Å². The largest absolute Gasteiger partial charge is 0.474 e. The van der Waals surface area contributed by atoms with Crippen LogP contribution in [-0.4, -0.2) is 19.5 Å². The van der Waals surface area contributed by atoms with E-state index in [-0.39, 0.29) is 5.41 Å². The zero-order valence-electron chi connectivity index (χ0n) is 19.9. The van der Waals surface area contributed by atoms with E-state index in [4.69, 9.17) is 9.72 Å². The lowest BCUT2D eigenvalue weighted by Gasteiger charge is -2.20. The molecule has 6 heteroatoms. The Hall–Kier alpha value is -4.45. The maximum Gasteiger partial charge on any atom is 0.319 e. The van der Waals surface area contributed by atoms with Gasteiger partial charge in [0, 0.05) is 23.0 Å². The van der Waals surface area contributed by atoms with Crippen LogP contribution in [0.2, 0.25) is 0 Å². The highest BCUT2D eigenvalue weighted by Gasteiger charge is 2.18. The molecule has 6 nitrogen and oxygen atoms in total. The van der Waals surface area contributed by atoms with E-state index < -0.39 is 0 Å². The van der Waals surface area contributed by atoms with Crippen LogP contribution in [0.4, 0.5) is 0 Å². The number of benzene rings is 2. The first-order valence-corrected chi connectivity index (χ1v) is 11.6. The lowest BCUT2D eigenvalue weighted by atomic mass is 9.88. The molecule has 6 rings (SSSR count). The van der Waals surface area contributed by atoms with Gasteiger partial charge in [0.1, 0.15) is 17.8 Å². The van der Waals surface area contributed by atoms with Crippen molar-refractivity contribution in [2.24, 2.45) is 0 Å². The van der Waals surface area contributed by atoms with E-state index in [2.05, 4.69) is 90.0 Å². The number of hydrogen-bond donors (Lipinski definition) is 1. The summed E-state index contributed by atoms with van der Waals surface area (Å²) in [6.07, 6.45) is 10.5. The van der Waals surface area contributed by atoms with Gasteiger partial charge in [-0.2, -0.15) is 0 Å². The van der Waals surface area contributed by atoms with Gasteiger partial charge < -0.3 is 9.30 Å². The molecular formula is C29H25N5O. The van der Waals surface area contributed by atoms with Crippen LogP contribution in [0.5, 0.6) is 11.5 Å². The fraction of sp³-hybridized carbons (Fsp3) is 0.138. The Morgan fingerprint density at radius 2 is 1.74 bits per heavy atom. The van der Waals surface area contributed by atoms with Crippen molar-refractivity contribution in [3.63, 3.8) is 0 Å². The van der Waals surface area contributed by atoms with Crippen molar-refractivity contribution in [3.05, 3.63) is 103 Å². The number of nitrogens with one attached hydrogen (secondary N) is 1. The summed E-state index contributed by atoms with van der Waals surface area (Å²) in [6, 6.07) is 22.7. The van der Waals surface area contributed by atoms with E-state index in [1.54, 1.807) is 17.0 Å². The molecule has 0 saturated carbocycles. The zero-order chi connectivity index (χ0) is 24.0. The summed E-state index contributed by atoms with van der Waals surface area (Å²) in [7, 11) is 0. The second-order valence-corrected chi connectivity index (χ2v) is 9.55. The quantitative estimate of drug-likeness (QED) is 0.257. The molecule has 172 valence electrons. The average molecular weight is 460 g/mol. The second-order valence-electron chi connectivity index (χ2n) is 9.55. The predicted molar refractivity (Wildman–Crippen MR) is 136 cm³/mol. The Balaban J connectivity index is 1.48. The summed E-state index contributed by atoms with van der Waals surface area (Å²) in [5.41, 5.74) is 3.41. The van der Waals surface area contributed by atoms with E-state index in [0.717, 1.165) is 28.0 Å². The summed E-state index contributed by atoms with van der Waals surface area (Å²) in [6.45, 7) is 6.65. The molecule has 35 heavy (non-hydrogen) atoms. The molecule has 0 aliphatic heterocycles. The fourth-order valence-electron chi connectivity index (χ4n) is 4.37. The van der Waals surface area contributed by atoms with Gasteiger partial charge >= 0.3 is 5.95 Å². The molecule has 4 heterocycles. The molecule has 0 fully saturated rings. The molecule has 0 aliphatic rings. The van der Waals surface area contributed by atoms with Crippen LogP contribution in [0.3, 0.4) is 0 Å². The first kappa shape index (κ1) is 21.1. The second kappa shape index (κ2) is 8.09. The molecule has 0 unspecified atom stereocenters. The van der Waals surface area contributed by atoms with Crippen LogP contribution in [0.1, 0.15) is 26.3 Å². The van der Waals surface area contributed by atoms with Crippen molar-refractivity contribution in [1.82, 2.24) is 19.5 Å². The standard InChI is InChI=1S/C29H25N5O/c1-29(2,3)20-12-13-30-27(17-20)34-25-9-5-4-8-23(25)24-11-10-21(18-26(24)34)35-22-7-6-16-33(19-22)28-31-14-15-32-28/h4-18H,1-3H3,(H,31,32). The molecule has 6 aromatic rings. The number of hydrogen-bond acceptors (Lipinski definition) is 3. The summed E-state index contributed by atoms with van der Waals surface area (Å²) in [4.78, 5) is 12.1. The lowest BCUT2D eigenvalue weighted by Crippen LogP contribution is -2.31. The molecule has 0 radical (unpaired) electrons. The predicted octanol–water partition coefficient (Wildman–Crippen LogP) is 6.07. The van der Waals surface area contributed by atoms with Crippen molar-refractivity contribution >= 4 is 21.8 Å². The van der Waals surface area contributed by atoms with Crippen molar-refractivity contribution in [2.45, 2.75) is 26.2 Å². The Labute approximate surface area is 203 Å². The van der Waals surface area contributed by atoms with E-state index in [0.29, 0.717) is 11.7 Å². The topological polar surface area (TPSA) is 59.6 Å². The van der Waals surface area contributed by atoms with Gasteiger partial charge in [-0.15, -0.1) is 11.1 Å². The van der Waals surface area contributed by atoms with E-state index in [1.807, 2.05) is 30.6 Å². The number of rotatable bonds is 4. The fourth-order valence-corrected chi connectivity index (χ4v) is 4.37. The minimum absolute atomic E-state index is 0.0250. The third kappa shape index (κ3) is 3.83. The molecule has 4 aromatic heterocycles. The van der Waals surface area contributed by atoms with Gasteiger partial charge in [0.15, 0.2) is 0 Å². The molecule has 0 amide bonds. The van der Waals surface area contributed by atoms with Gasteiger partial charge in [-0.05, 0) is 47.5 Å². The van der Waals surface area contributed by atoms with Crippen molar-refractivity contribution in [2.75, 3.05) is 0 Å². The van der Waals surface area contributed by atoms with Gasteiger partial charge in [0.05, 0.1) is 29.2 Å². The molecule has 0 spiro atoms. The van der Waals surface area contributed by atoms with E-state index in [1.165, 1.54) is 10.9 Å². The molecule has 0 bridgehead atoms. The normalized spacial score (nSPS) is 11.9. The number of imidazole rings is 1. The Bertz CT molecular complexity index is 1660. The van der Waals surface area contributed by atoms with Crippen molar-refractivity contribution < 1.29 is 9.30 Å². The summed E-state index contributed by atoms with van der Waals surface area (Å²) >= 11 is 0. The third-order valence-corrected chi connectivity index (χ3v) is 6.14. The Morgan fingerprint density at radius 3 is 2.57 bits per heavy atom. The first-order chi connectivity index (χ1) is 17.0. The zero-order valence-corrected chi connectivity index (χ0v) is 19.9. The smallest absolute Gasteiger partial charge is 0.319 e. The van der Waals surface area contributed by atoms with Gasteiger partial charge in [-0.1, -0.05) is 45.0 Å². The van der Waals surface area contributed by atoms with Gasteiger partial charge in [0.25, 0.3) is 0 Å². The third-order valence-electron chi connectivity index (χ3n) is 6.14. The molecule has 0 aliphatic carbocycles. The minimum atomic E-state index is 0.0250. The number of aromatic nitrogens is 5. The number of ether oxygens (including phenoxy) is 1. The lowest BCUT2D eigenvalue weighted by molar-refractivity contribution is -0.608. The number of pyridine rings is 2. The summed E-state index contributed by atoms with van der Waals surface area (Å²) in [5, 5.41) is 2.33. The highest BCUT2D eigenvalue weighted by molar-refractivity contribution is 6.09. The summed E-state index contributed by atoms with van der Waals surface area (Å²) < 4.78 is 10.2. The van der Waals surface area contributed by atoms with Crippen LogP contribution in [0, 0.1) is 6.20 Å². The number of aromatic amines is 1. The highest BCUT2D eigenvalue weighted by Crippen LogP contribution is 2.35. The maximum atomic E-state index is 6.24. The molecule has 1 N–H and O–H groups in total. The number of para-hydroxylation sites is 1. The van der Waals surface area contributed by atoms with Gasteiger partial charge in [-0.3, -0.25) is 9.55 Å². The Morgan fingerprint density at radius 1 is 0.886 bits per heavy atom. The van der Waals surface area contributed by atoms with Crippen molar-refractivity contribution in [3.8, 4) is 23.3 Å². The SMILES string of the molecule is CC(C)(C)c1ccnc(-n2c3ccccc3c3ccc(Oc4[c-][n+](-c5ncc[nH]5)ccc4)cc32)c1. The van der Waals surface area contributed by atoms with Crippen molar-refractivity contribution in [1.29, 1.82) is 0 Å². The highest BCUT2D eigenvalue weighted by atomic mass is 16.5. The molecule has 0 atom stereocenters. The number of H-pyrrole nitrogens is 1. The van der Waals surface area contributed by atoms with Gasteiger partial charge in [0.2, 0.25) is 0 Å². The van der Waals surface area contributed by atoms with Crippen LogP contribution in [0.25, 0.3) is 33.6 Å². The minimum Gasteiger partial charge on any atom is -0.474 e. The molecular weight excluding hydrogens is 434 g/mol. The maximum absolute atomic E-state index is 6.24. The monoisotopic (exact) mass is 459 g/mol. The van der Waals surface area contributed by atoms with Crippen LogP contribution >= 0.6 is 0 Å². The first-order valence-electron chi connectivity index (χ1n) is 11.6. The summed E-state index contributed by atoms with van der Waals surface area (Å²) in [5.74, 6) is 2.89. The van der Waals surface area contributed by atoms with Gasteiger partial charge in [-0.25, -0.2) is 4.98 Å².